The molecule has 0 saturated carbocycles. The number of hydrogen-bond acceptors (Lipinski definition) is 5. The van der Waals surface area contributed by atoms with E-state index in [2.05, 4.69) is 5.10 Å². The lowest BCUT2D eigenvalue weighted by molar-refractivity contribution is 0.0686. The largest absolute Gasteiger partial charge is 0.503 e. The maximum absolute atomic E-state index is 11.4. The average Bonchev–Trinajstić information content (AvgIpc) is 2.48. The molecule has 2 N–H and O–H groups in total. The lowest BCUT2D eigenvalue weighted by atomic mass is 10.3. The number of rotatable bonds is 5. The molecule has 0 unspecified atom stereocenters. The van der Waals surface area contributed by atoms with Gasteiger partial charge in [-0.25, -0.2) is 9.48 Å². The van der Waals surface area contributed by atoms with Gasteiger partial charge >= 0.3 is 5.97 Å². The summed E-state index contributed by atoms with van der Waals surface area (Å²) in [6, 6.07) is 6.69. The molecule has 0 aliphatic rings. The van der Waals surface area contributed by atoms with Gasteiger partial charge in [-0.05, 0) is 30.7 Å². The summed E-state index contributed by atoms with van der Waals surface area (Å²) in [6.07, 6.45) is 1.95. The van der Waals surface area contributed by atoms with Crippen LogP contribution in [0.15, 0.2) is 35.3 Å². The molecular weight excluding hydrogens is 276 g/mol. The summed E-state index contributed by atoms with van der Waals surface area (Å²) in [5.41, 5.74) is -1.25. The van der Waals surface area contributed by atoms with Crippen LogP contribution < -0.4 is 10.2 Å². The summed E-state index contributed by atoms with van der Waals surface area (Å²) in [5.74, 6) is -1.49. The Labute approximate surface area is 120 Å². The molecule has 21 heavy (non-hydrogen) atoms. The van der Waals surface area contributed by atoms with Crippen molar-refractivity contribution in [3.63, 3.8) is 0 Å². The Kier molecular flexibility index (Phi) is 4.22. The lowest BCUT2D eigenvalue weighted by Crippen LogP contribution is -2.20. The number of aromatic nitrogens is 2. The molecule has 1 aromatic carbocycles. The quantitative estimate of drug-likeness (QED) is 0.863. The third-order valence-electron chi connectivity index (χ3n) is 2.68. The van der Waals surface area contributed by atoms with Gasteiger partial charge in [-0.1, -0.05) is 6.92 Å². The van der Waals surface area contributed by atoms with Crippen molar-refractivity contribution < 1.29 is 19.7 Å². The van der Waals surface area contributed by atoms with Gasteiger partial charge in [0.25, 0.3) is 5.43 Å². The highest BCUT2D eigenvalue weighted by Gasteiger charge is 2.15. The fourth-order valence-electron chi connectivity index (χ4n) is 1.66. The van der Waals surface area contributed by atoms with Gasteiger partial charge in [0.1, 0.15) is 5.75 Å². The van der Waals surface area contributed by atoms with E-state index in [-0.39, 0.29) is 0 Å². The van der Waals surface area contributed by atoms with Crippen molar-refractivity contribution in [1.82, 2.24) is 9.78 Å². The Morgan fingerprint density at radius 3 is 2.57 bits per heavy atom. The second kappa shape index (κ2) is 6.08. The molecule has 0 saturated heterocycles. The molecule has 0 aliphatic heterocycles. The van der Waals surface area contributed by atoms with Crippen LogP contribution in [0, 0.1) is 0 Å². The summed E-state index contributed by atoms with van der Waals surface area (Å²) in [6.45, 7) is 2.59. The molecular formula is C14H14N2O5. The Morgan fingerprint density at radius 2 is 2.00 bits per heavy atom. The number of carboxylic acids is 1. The maximum Gasteiger partial charge on any atom is 0.360 e. The first-order valence-corrected chi connectivity index (χ1v) is 6.32. The minimum absolute atomic E-state index is 0.497. The monoisotopic (exact) mass is 290 g/mol. The maximum atomic E-state index is 11.4. The van der Waals surface area contributed by atoms with E-state index in [0.717, 1.165) is 17.3 Å². The van der Waals surface area contributed by atoms with E-state index in [9.17, 15) is 14.7 Å². The highest BCUT2D eigenvalue weighted by Crippen LogP contribution is 2.16. The Morgan fingerprint density at radius 1 is 1.33 bits per heavy atom. The molecule has 2 aromatic rings. The summed E-state index contributed by atoms with van der Waals surface area (Å²) < 4.78 is 6.56. The second-order valence-electron chi connectivity index (χ2n) is 4.28. The smallest absolute Gasteiger partial charge is 0.360 e. The van der Waals surface area contributed by atoms with Gasteiger partial charge in [0.2, 0.25) is 5.69 Å². The number of benzene rings is 1. The third-order valence-corrected chi connectivity index (χ3v) is 2.68. The number of hydrogen-bond donors (Lipinski definition) is 2. The van der Waals surface area contributed by atoms with Gasteiger partial charge < -0.3 is 14.9 Å². The zero-order valence-corrected chi connectivity index (χ0v) is 11.3. The van der Waals surface area contributed by atoms with Crippen molar-refractivity contribution in [3.05, 3.63) is 46.4 Å². The molecule has 7 nitrogen and oxygen atoms in total. The van der Waals surface area contributed by atoms with E-state index < -0.39 is 22.8 Å². The Hall–Kier alpha value is -2.83. The van der Waals surface area contributed by atoms with Gasteiger partial charge in [-0.15, -0.1) is 0 Å². The molecule has 7 heteroatoms. The highest BCUT2D eigenvalue weighted by molar-refractivity contribution is 5.85. The number of nitrogens with zero attached hydrogens (tertiary/aromatic N) is 2. The molecule has 0 amide bonds. The fraction of sp³-hybridized carbons (Fsp3) is 0.214. The molecule has 0 atom stereocenters. The van der Waals surface area contributed by atoms with Crippen LogP contribution in [-0.4, -0.2) is 32.6 Å². The molecule has 2 rings (SSSR count). The van der Waals surface area contributed by atoms with Gasteiger partial charge in [0, 0.05) is 0 Å². The van der Waals surface area contributed by atoms with Crippen LogP contribution in [0.1, 0.15) is 23.8 Å². The summed E-state index contributed by atoms with van der Waals surface area (Å²) in [7, 11) is 0. The topological polar surface area (TPSA) is 102 Å². The van der Waals surface area contributed by atoms with Gasteiger partial charge in [0.15, 0.2) is 5.75 Å². The number of aromatic hydroxyl groups is 1. The summed E-state index contributed by atoms with van der Waals surface area (Å²) in [5, 5.41) is 22.1. The van der Waals surface area contributed by atoms with Crippen molar-refractivity contribution in [1.29, 1.82) is 0 Å². The molecule has 0 fully saturated rings. The molecule has 1 aromatic heterocycles. The second-order valence-corrected chi connectivity index (χ2v) is 4.28. The summed E-state index contributed by atoms with van der Waals surface area (Å²) >= 11 is 0. The van der Waals surface area contributed by atoms with Crippen molar-refractivity contribution in [2.75, 3.05) is 6.61 Å². The van der Waals surface area contributed by atoms with Crippen LogP contribution >= 0.6 is 0 Å². The van der Waals surface area contributed by atoms with Crippen LogP contribution in [-0.2, 0) is 0 Å². The van der Waals surface area contributed by atoms with E-state index in [4.69, 9.17) is 9.84 Å². The first kappa shape index (κ1) is 14.6. The van der Waals surface area contributed by atoms with Crippen LogP contribution in [0.3, 0.4) is 0 Å². The van der Waals surface area contributed by atoms with Gasteiger partial charge in [-0.2, -0.15) is 5.10 Å². The molecule has 110 valence electrons. The molecule has 0 spiro atoms. The van der Waals surface area contributed by atoms with Gasteiger partial charge in [0.05, 0.1) is 18.5 Å². The van der Waals surface area contributed by atoms with Crippen LogP contribution in [0.2, 0.25) is 0 Å². The van der Waals surface area contributed by atoms with Crippen LogP contribution in [0.5, 0.6) is 11.5 Å². The predicted octanol–water partition coefficient (Wildman–Crippen LogP) is 1.43. The van der Waals surface area contributed by atoms with Crippen molar-refractivity contribution in [2.24, 2.45) is 0 Å². The Bertz CT molecular complexity index is 706. The predicted molar refractivity (Wildman–Crippen MR) is 74.2 cm³/mol. The fourth-order valence-corrected chi connectivity index (χ4v) is 1.66. The van der Waals surface area contributed by atoms with E-state index in [1.54, 1.807) is 24.3 Å². The minimum Gasteiger partial charge on any atom is -0.503 e. The normalized spacial score (nSPS) is 10.3. The highest BCUT2D eigenvalue weighted by atomic mass is 16.5. The van der Waals surface area contributed by atoms with Crippen LogP contribution in [0.4, 0.5) is 0 Å². The number of carbonyl (C=O) groups is 1. The lowest BCUT2D eigenvalue weighted by Gasteiger charge is -2.08. The number of aromatic carboxylic acids is 1. The van der Waals surface area contributed by atoms with Gasteiger partial charge in [-0.3, -0.25) is 4.79 Å². The van der Waals surface area contributed by atoms with Crippen molar-refractivity contribution in [2.45, 2.75) is 13.3 Å². The van der Waals surface area contributed by atoms with E-state index in [1.807, 2.05) is 6.92 Å². The van der Waals surface area contributed by atoms with Crippen molar-refractivity contribution in [3.8, 4) is 17.2 Å². The first-order valence-electron chi connectivity index (χ1n) is 6.32. The third kappa shape index (κ3) is 3.19. The minimum atomic E-state index is -1.49. The SMILES string of the molecule is CCCOc1ccc(-n2cc(O)c(=O)c(C(=O)O)n2)cc1. The van der Waals surface area contributed by atoms with Crippen LogP contribution in [0.25, 0.3) is 5.69 Å². The first-order chi connectivity index (χ1) is 10.0. The van der Waals surface area contributed by atoms with Crippen molar-refractivity contribution >= 4 is 5.97 Å². The standard InChI is InChI=1S/C14H14N2O5/c1-2-7-21-10-5-3-9(4-6-10)16-8-11(17)13(18)12(15-16)14(19)20/h3-6,8,17H,2,7H2,1H3,(H,19,20). The molecule has 0 bridgehead atoms. The number of ether oxygens (including phenoxy) is 1. The molecule has 0 radical (unpaired) electrons. The molecule has 0 aliphatic carbocycles. The van der Waals surface area contributed by atoms with E-state index >= 15 is 0 Å². The zero-order chi connectivity index (χ0) is 15.4. The van der Waals surface area contributed by atoms with E-state index in [0.29, 0.717) is 18.0 Å². The average molecular weight is 290 g/mol. The summed E-state index contributed by atoms with van der Waals surface area (Å²) in [4.78, 5) is 22.4. The zero-order valence-electron chi connectivity index (χ0n) is 11.3. The molecule has 1 heterocycles. The number of carboxylic acid groups (broad SMARTS) is 1. The Balaban J connectivity index is 2.38. The van der Waals surface area contributed by atoms with E-state index in [1.165, 1.54) is 0 Å².